The van der Waals surface area contributed by atoms with Crippen LogP contribution < -0.4 is 5.32 Å². The van der Waals surface area contributed by atoms with Gasteiger partial charge in [0.25, 0.3) is 0 Å². The highest BCUT2D eigenvalue weighted by atomic mass is 35.5. The predicted octanol–water partition coefficient (Wildman–Crippen LogP) is 2.16. The third-order valence-corrected chi connectivity index (χ3v) is 3.80. The summed E-state index contributed by atoms with van der Waals surface area (Å²) in [6, 6.07) is 3.73. The number of hydrogen-bond acceptors (Lipinski definition) is 5. The molecule has 1 atom stereocenters. The summed E-state index contributed by atoms with van der Waals surface area (Å²) < 4.78 is 4.79. The second-order valence-corrected chi connectivity index (χ2v) is 5.31. The van der Waals surface area contributed by atoms with E-state index in [0.29, 0.717) is 18.1 Å². The fraction of sp³-hybridized carbons (Fsp3) is 0.571. The molecule has 0 radical (unpaired) electrons. The number of pyridine rings is 1. The SMILES string of the molecule is CCNc1ccc(Cl)c(CN2CCC(C(=O)OC)C2)n1. The van der Waals surface area contributed by atoms with Gasteiger partial charge in [-0.25, -0.2) is 4.98 Å². The summed E-state index contributed by atoms with van der Waals surface area (Å²) in [4.78, 5) is 18.2. The van der Waals surface area contributed by atoms with Crippen molar-refractivity contribution < 1.29 is 9.53 Å². The van der Waals surface area contributed by atoms with Crippen LogP contribution in [0.5, 0.6) is 0 Å². The highest BCUT2D eigenvalue weighted by Crippen LogP contribution is 2.23. The molecule has 0 aromatic carbocycles. The lowest BCUT2D eigenvalue weighted by Crippen LogP contribution is -2.24. The topological polar surface area (TPSA) is 54.5 Å². The fourth-order valence-corrected chi connectivity index (χ4v) is 2.59. The number of nitrogens with one attached hydrogen (secondary N) is 1. The molecule has 5 nitrogen and oxygen atoms in total. The number of carbonyl (C=O) groups excluding carboxylic acids is 1. The first-order chi connectivity index (χ1) is 9.63. The molecule has 1 aromatic heterocycles. The molecule has 1 unspecified atom stereocenters. The van der Waals surface area contributed by atoms with Gasteiger partial charge in [0.2, 0.25) is 0 Å². The van der Waals surface area contributed by atoms with E-state index in [1.807, 2.05) is 19.1 Å². The minimum absolute atomic E-state index is 0.0317. The zero-order valence-electron chi connectivity index (χ0n) is 11.9. The molecule has 0 spiro atoms. The van der Waals surface area contributed by atoms with Crippen molar-refractivity contribution in [1.82, 2.24) is 9.88 Å². The number of hydrogen-bond donors (Lipinski definition) is 1. The number of methoxy groups -OCH3 is 1. The Labute approximate surface area is 124 Å². The highest BCUT2D eigenvalue weighted by Gasteiger charge is 2.29. The van der Waals surface area contributed by atoms with Gasteiger partial charge < -0.3 is 10.1 Å². The van der Waals surface area contributed by atoms with E-state index in [4.69, 9.17) is 16.3 Å². The minimum Gasteiger partial charge on any atom is -0.469 e. The van der Waals surface area contributed by atoms with Crippen LogP contribution >= 0.6 is 11.6 Å². The van der Waals surface area contributed by atoms with Crippen LogP contribution in [0.25, 0.3) is 0 Å². The molecule has 6 heteroatoms. The lowest BCUT2D eigenvalue weighted by atomic mass is 10.1. The third kappa shape index (κ3) is 3.61. The van der Waals surface area contributed by atoms with E-state index < -0.39 is 0 Å². The first-order valence-corrected chi connectivity index (χ1v) is 7.21. The second-order valence-electron chi connectivity index (χ2n) is 4.90. The van der Waals surface area contributed by atoms with E-state index >= 15 is 0 Å². The maximum Gasteiger partial charge on any atom is 0.310 e. The van der Waals surface area contributed by atoms with Gasteiger partial charge in [-0.2, -0.15) is 0 Å². The lowest BCUT2D eigenvalue weighted by molar-refractivity contribution is -0.144. The van der Waals surface area contributed by atoms with Gasteiger partial charge in [0, 0.05) is 19.6 Å². The van der Waals surface area contributed by atoms with Gasteiger partial charge in [0.15, 0.2) is 0 Å². The zero-order valence-corrected chi connectivity index (χ0v) is 12.6. The molecule has 0 aliphatic carbocycles. The van der Waals surface area contributed by atoms with Crippen molar-refractivity contribution in [2.75, 3.05) is 32.1 Å². The van der Waals surface area contributed by atoms with Crippen molar-refractivity contribution in [3.63, 3.8) is 0 Å². The summed E-state index contributed by atoms with van der Waals surface area (Å²) in [6.07, 6.45) is 0.831. The highest BCUT2D eigenvalue weighted by molar-refractivity contribution is 6.31. The average molecular weight is 298 g/mol. The molecule has 20 heavy (non-hydrogen) atoms. The van der Waals surface area contributed by atoms with Crippen LogP contribution in [0.3, 0.4) is 0 Å². The Morgan fingerprint density at radius 3 is 3.10 bits per heavy atom. The molecular formula is C14H20ClN3O2. The Hall–Kier alpha value is -1.33. The molecule has 1 aliphatic rings. The number of nitrogens with zero attached hydrogens (tertiary/aromatic N) is 2. The van der Waals surface area contributed by atoms with Crippen molar-refractivity contribution in [2.45, 2.75) is 19.9 Å². The summed E-state index contributed by atoms with van der Waals surface area (Å²) in [7, 11) is 1.43. The Kier molecular flexibility index (Phi) is 5.20. The summed E-state index contributed by atoms with van der Waals surface area (Å²) in [5.74, 6) is 0.666. The maximum absolute atomic E-state index is 11.5. The number of aromatic nitrogens is 1. The number of likely N-dealkylation sites (tertiary alicyclic amines) is 1. The molecule has 1 aromatic rings. The number of halogens is 1. The molecule has 2 rings (SSSR count). The number of ether oxygens (including phenoxy) is 1. The molecule has 1 fully saturated rings. The predicted molar refractivity (Wildman–Crippen MR) is 78.8 cm³/mol. The summed E-state index contributed by atoms with van der Waals surface area (Å²) in [6.45, 7) is 5.07. The number of esters is 1. The van der Waals surface area contributed by atoms with E-state index in [-0.39, 0.29) is 11.9 Å². The Morgan fingerprint density at radius 2 is 2.40 bits per heavy atom. The molecule has 2 heterocycles. The largest absolute Gasteiger partial charge is 0.469 e. The zero-order chi connectivity index (χ0) is 14.5. The van der Waals surface area contributed by atoms with Gasteiger partial charge in [-0.05, 0) is 32.0 Å². The smallest absolute Gasteiger partial charge is 0.310 e. The number of anilines is 1. The van der Waals surface area contributed by atoms with E-state index in [9.17, 15) is 4.79 Å². The van der Waals surface area contributed by atoms with Gasteiger partial charge in [-0.15, -0.1) is 0 Å². The normalized spacial score (nSPS) is 19.1. The molecule has 1 aliphatic heterocycles. The van der Waals surface area contributed by atoms with Crippen molar-refractivity contribution in [1.29, 1.82) is 0 Å². The quantitative estimate of drug-likeness (QED) is 0.844. The van der Waals surface area contributed by atoms with Gasteiger partial charge in [-0.1, -0.05) is 11.6 Å². The van der Waals surface area contributed by atoms with Gasteiger partial charge >= 0.3 is 5.97 Å². The lowest BCUT2D eigenvalue weighted by Gasteiger charge is -2.16. The second kappa shape index (κ2) is 6.90. The van der Waals surface area contributed by atoms with Gasteiger partial charge in [0.1, 0.15) is 5.82 Å². The van der Waals surface area contributed by atoms with E-state index in [0.717, 1.165) is 31.0 Å². The molecule has 0 bridgehead atoms. The Morgan fingerprint density at radius 1 is 1.60 bits per heavy atom. The summed E-state index contributed by atoms with van der Waals surface area (Å²) in [5.41, 5.74) is 0.843. The van der Waals surface area contributed by atoms with Crippen LogP contribution in [0, 0.1) is 5.92 Å². The first-order valence-electron chi connectivity index (χ1n) is 6.83. The monoisotopic (exact) mass is 297 g/mol. The van der Waals surface area contributed by atoms with Gasteiger partial charge in [-0.3, -0.25) is 9.69 Å². The standard InChI is InChI=1S/C14H20ClN3O2/c1-3-16-13-5-4-11(15)12(17-13)9-18-7-6-10(8-18)14(19)20-2/h4-5,10H,3,6-9H2,1-2H3,(H,16,17). The minimum atomic E-state index is -0.132. The van der Waals surface area contributed by atoms with Crippen LogP contribution in [0.1, 0.15) is 19.0 Å². The van der Waals surface area contributed by atoms with Crippen molar-refractivity contribution in [2.24, 2.45) is 5.92 Å². The summed E-state index contributed by atoms with van der Waals surface area (Å²) in [5, 5.41) is 3.83. The number of rotatable bonds is 5. The van der Waals surface area contributed by atoms with Crippen molar-refractivity contribution in [3.05, 3.63) is 22.8 Å². The van der Waals surface area contributed by atoms with Crippen LogP contribution in [-0.2, 0) is 16.1 Å². The van der Waals surface area contributed by atoms with Crippen LogP contribution in [0.4, 0.5) is 5.82 Å². The molecule has 110 valence electrons. The first kappa shape index (κ1) is 15.1. The molecular weight excluding hydrogens is 278 g/mol. The van der Waals surface area contributed by atoms with Gasteiger partial charge in [0.05, 0.1) is 23.7 Å². The Bertz CT molecular complexity index is 481. The van der Waals surface area contributed by atoms with Crippen molar-refractivity contribution >= 4 is 23.4 Å². The molecule has 0 saturated carbocycles. The fourth-order valence-electron chi connectivity index (χ4n) is 2.42. The van der Waals surface area contributed by atoms with E-state index in [1.165, 1.54) is 7.11 Å². The third-order valence-electron chi connectivity index (χ3n) is 3.46. The van der Waals surface area contributed by atoms with Crippen LogP contribution in [0.15, 0.2) is 12.1 Å². The van der Waals surface area contributed by atoms with Crippen LogP contribution in [-0.4, -0.2) is 42.6 Å². The van der Waals surface area contributed by atoms with Crippen LogP contribution in [0.2, 0.25) is 5.02 Å². The average Bonchev–Trinajstić information content (AvgIpc) is 2.90. The Balaban J connectivity index is 2.00. The molecule has 1 N–H and O–H groups in total. The van der Waals surface area contributed by atoms with E-state index in [2.05, 4.69) is 15.2 Å². The molecule has 1 saturated heterocycles. The van der Waals surface area contributed by atoms with E-state index in [1.54, 1.807) is 0 Å². The molecule has 0 amide bonds. The van der Waals surface area contributed by atoms with Crippen molar-refractivity contribution in [3.8, 4) is 0 Å². The number of carbonyl (C=O) groups is 1. The maximum atomic E-state index is 11.5. The summed E-state index contributed by atoms with van der Waals surface area (Å²) >= 11 is 6.19.